The first kappa shape index (κ1) is 25.8. The number of thioether (sulfide) groups is 1. The molecule has 2 aromatic rings. The van der Waals surface area contributed by atoms with Gasteiger partial charge in [-0.05, 0) is 78.6 Å². The van der Waals surface area contributed by atoms with Gasteiger partial charge in [-0.3, -0.25) is 19.3 Å². The summed E-state index contributed by atoms with van der Waals surface area (Å²) in [5.41, 5.74) is 4.02. The molecule has 2 fully saturated rings. The first-order valence-corrected chi connectivity index (χ1v) is 13.2. The molecule has 7 nitrogen and oxygen atoms in total. The Hall–Kier alpha value is -3.26. The zero-order valence-electron chi connectivity index (χ0n) is 21.3. The second kappa shape index (κ2) is 11.2. The van der Waals surface area contributed by atoms with E-state index in [0.29, 0.717) is 37.7 Å². The third-order valence-corrected chi connectivity index (χ3v) is 7.43. The van der Waals surface area contributed by atoms with E-state index < -0.39 is 11.1 Å². The zero-order valence-corrected chi connectivity index (χ0v) is 22.1. The Labute approximate surface area is 217 Å². The van der Waals surface area contributed by atoms with Crippen molar-refractivity contribution < 1.29 is 19.1 Å². The number of aryl methyl sites for hydroxylation is 1. The van der Waals surface area contributed by atoms with E-state index in [9.17, 15) is 14.4 Å². The Kier molecular flexibility index (Phi) is 8.04. The normalized spacial score (nSPS) is 17.5. The summed E-state index contributed by atoms with van der Waals surface area (Å²) in [6.07, 6.45) is 1.75. The van der Waals surface area contributed by atoms with Gasteiger partial charge in [0.25, 0.3) is 11.1 Å². The minimum Gasteiger partial charge on any atom is -0.494 e. The van der Waals surface area contributed by atoms with Gasteiger partial charge in [-0.15, -0.1) is 0 Å². The average molecular weight is 508 g/mol. The van der Waals surface area contributed by atoms with Crippen LogP contribution in [0.3, 0.4) is 0 Å². The van der Waals surface area contributed by atoms with Crippen LogP contribution >= 0.6 is 11.8 Å². The molecule has 0 saturated carbocycles. The topological polar surface area (TPSA) is 70.2 Å². The highest BCUT2D eigenvalue weighted by Crippen LogP contribution is 2.35. The summed E-state index contributed by atoms with van der Waals surface area (Å²) in [6, 6.07) is 14.1. The molecular weight excluding hydrogens is 474 g/mol. The first-order valence-electron chi connectivity index (χ1n) is 12.4. The van der Waals surface area contributed by atoms with Crippen LogP contribution in [0.5, 0.6) is 5.75 Å². The van der Waals surface area contributed by atoms with Crippen molar-refractivity contribution in [2.45, 2.75) is 33.6 Å². The molecule has 2 aliphatic heterocycles. The summed E-state index contributed by atoms with van der Waals surface area (Å²) in [5, 5.41) is -0.407. The number of piperazine rings is 1. The van der Waals surface area contributed by atoms with Crippen LogP contribution in [0.1, 0.15) is 43.4 Å². The molecule has 4 rings (SSSR count). The second-order valence-corrected chi connectivity index (χ2v) is 10.3. The number of ether oxygens (including phenoxy) is 1. The monoisotopic (exact) mass is 507 g/mol. The van der Waals surface area contributed by atoms with Gasteiger partial charge in [-0.1, -0.05) is 32.0 Å². The van der Waals surface area contributed by atoms with Gasteiger partial charge in [0.2, 0.25) is 5.91 Å². The van der Waals surface area contributed by atoms with Gasteiger partial charge in [0.1, 0.15) is 12.3 Å². The number of rotatable bonds is 7. The molecule has 0 N–H and O–H groups in total. The molecule has 0 aliphatic carbocycles. The van der Waals surface area contributed by atoms with Crippen LogP contribution < -0.4 is 9.64 Å². The summed E-state index contributed by atoms with van der Waals surface area (Å²) >= 11 is 0.889. The standard InChI is InChI=1S/C28H33N3O4S/c1-5-35-24-15-20(4)21(16-23(24)19(2)3)17-25-27(33)31(28(34)36-25)18-26(32)30-13-11-29(12-14-30)22-9-7-6-8-10-22/h6-10,15-17,19H,5,11-14,18H2,1-4H3/b25-17+. The number of hydrogen-bond donors (Lipinski definition) is 0. The molecule has 190 valence electrons. The molecule has 0 unspecified atom stereocenters. The largest absolute Gasteiger partial charge is 0.494 e. The Morgan fingerprint density at radius 3 is 2.42 bits per heavy atom. The van der Waals surface area contributed by atoms with Crippen molar-refractivity contribution in [3.8, 4) is 5.75 Å². The smallest absolute Gasteiger partial charge is 0.294 e. The van der Waals surface area contributed by atoms with Crippen molar-refractivity contribution >= 4 is 40.6 Å². The highest BCUT2D eigenvalue weighted by atomic mass is 32.2. The van der Waals surface area contributed by atoms with Crippen LogP contribution in [0.25, 0.3) is 6.08 Å². The van der Waals surface area contributed by atoms with Crippen molar-refractivity contribution in [3.05, 3.63) is 64.1 Å². The Bertz CT molecular complexity index is 1170. The Balaban J connectivity index is 1.43. The summed E-state index contributed by atoms with van der Waals surface area (Å²) in [7, 11) is 0. The predicted octanol–water partition coefficient (Wildman–Crippen LogP) is 4.90. The van der Waals surface area contributed by atoms with Crippen molar-refractivity contribution in [2.75, 3.05) is 44.2 Å². The lowest BCUT2D eigenvalue weighted by molar-refractivity contribution is -0.136. The van der Waals surface area contributed by atoms with E-state index in [1.165, 1.54) is 0 Å². The fraction of sp³-hybridized carbons (Fsp3) is 0.393. The number of benzene rings is 2. The van der Waals surface area contributed by atoms with Crippen molar-refractivity contribution in [1.29, 1.82) is 0 Å². The van der Waals surface area contributed by atoms with Crippen molar-refractivity contribution in [1.82, 2.24) is 9.80 Å². The molecule has 0 atom stereocenters. The second-order valence-electron chi connectivity index (χ2n) is 9.31. The number of nitrogens with zero attached hydrogens (tertiary/aromatic N) is 3. The first-order chi connectivity index (χ1) is 17.3. The molecule has 2 heterocycles. The molecule has 0 aromatic heterocycles. The van der Waals surface area contributed by atoms with Crippen LogP contribution in [0.2, 0.25) is 0 Å². The minimum absolute atomic E-state index is 0.203. The van der Waals surface area contributed by atoms with Crippen LogP contribution in [-0.2, 0) is 9.59 Å². The third kappa shape index (κ3) is 5.59. The van der Waals surface area contributed by atoms with E-state index in [1.807, 2.05) is 44.2 Å². The lowest BCUT2D eigenvalue weighted by Gasteiger charge is -2.36. The van der Waals surface area contributed by atoms with Gasteiger partial charge in [0, 0.05) is 31.9 Å². The van der Waals surface area contributed by atoms with E-state index >= 15 is 0 Å². The molecule has 36 heavy (non-hydrogen) atoms. The zero-order chi connectivity index (χ0) is 25.8. The molecule has 3 amide bonds. The van der Waals surface area contributed by atoms with Gasteiger partial charge in [-0.25, -0.2) is 0 Å². The Morgan fingerprint density at radius 1 is 1.08 bits per heavy atom. The van der Waals surface area contributed by atoms with Gasteiger partial charge >= 0.3 is 0 Å². The predicted molar refractivity (Wildman–Crippen MR) is 144 cm³/mol. The van der Waals surface area contributed by atoms with Crippen molar-refractivity contribution in [2.24, 2.45) is 0 Å². The van der Waals surface area contributed by atoms with Crippen LogP contribution in [0, 0.1) is 6.92 Å². The number of imide groups is 1. The van der Waals surface area contributed by atoms with E-state index in [4.69, 9.17) is 4.74 Å². The summed E-state index contributed by atoms with van der Waals surface area (Å²) in [6.45, 7) is 11.0. The van der Waals surface area contributed by atoms with Crippen LogP contribution in [0.15, 0.2) is 47.4 Å². The SMILES string of the molecule is CCOc1cc(C)c(/C=C2/SC(=O)N(CC(=O)N3CCN(c4ccccc4)CC3)C2=O)cc1C(C)C. The fourth-order valence-electron chi connectivity index (χ4n) is 4.47. The third-order valence-electron chi connectivity index (χ3n) is 6.53. The average Bonchev–Trinajstić information content (AvgIpc) is 3.13. The highest BCUT2D eigenvalue weighted by molar-refractivity contribution is 8.18. The van der Waals surface area contributed by atoms with Gasteiger partial charge in [-0.2, -0.15) is 0 Å². The van der Waals surface area contributed by atoms with Crippen LogP contribution in [0.4, 0.5) is 10.5 Å². The molecule has 0 bridgehead atoms. The number of carbonyl (C=O) groups is 3. The van der Waals surface area contributed by atoms with E-state index in [2.05, 4.69) is 30.9 Å². The number of hydrogen-bond acceptors (Lipinski definition) is 6. The number of amides is 3. The lowest BCUT2D eigenvalue weighted by atomic mass is 9.96. The highest BCUT2D eigenvalue weighted by Gasteiger charge is 2.37. The maximum atomic E-state index is 13.1. The summed E-state index contributed by atoms with van der Waals surface area (Å²) in [5.74, 6) is 0.466. The minimum atomic E-state index is -0.416. The molecular formula is C28H33N3O4S. The number of carbonyl (C=O) groups excluding carboxylic acids is 3. The lowest BCUT2D eigenvalue weighted by Crippen LogP contribution is -2.51. The summed E-state index contributed by atoms with van der Waals surface area (Å²) in [4.78, 5) is 44.1. The van der Waals surface area contributed by atoms with E-state index in [-0.39, 0.29) is 18.4 Å². The molecule has 0 radical (unpaired) electrons. The quantitative estimate of drug-likeness (QED) is 0.497. The van der Waals surface area contributed by atoms with Gasteiger partial charge in [0.15, 0.2) is 0 Å². The maximum absolute atomic E-state index is 13.1. The maximum Gasteiger partial charge on any atom is 0.294 e. The van der Waals surface area contributed by atoms with E-state index in [0.717, 1.165) is 44.8 Å². The fourth-order valence-corrected chi connectivity index (χ4v) is 5.30. The summed E-state index contributed by atoms with van der Waals surface area (Å²) < 4.78 is 5.79. The molecule has 2 aromatic carbocycles. The van der Waals surface area contributed by atoms with Gasteiger partial charge in [0.05, 0.1) is 11.5 Å². The van der Waals surface area contributed by atoms with E-state index in [1.54, 1.807) is 11.0 Å². The van der Waals surface area contributed by atoms with Gasteiger partial charge < -0.3 is 14.5 Å². The molecule has 2 aliphatic rings. The molecule has 8 heteroatoms. The number of para-hydroxylation sites is 1. The van der Waals surface area contributed by atoms with Crippen LogP contribution in [-0.4, -0.2) is 66.2 Å². The number of anilines is 1. The van der Waals surface area contributed by atoms with Crippen molar-refractivity contribution in [3.63, 3.8) is 0 Å². The molecule has 2 saturated heterocycles. The molecule has 0 spiro atoms. The Morgan fingerprint density at radius 2 is 1.78 bits per heavy atom.